The van der Waals surface area contributed by atoms with Gasteiger partial charge in [-0.05, 0) is 58.5 Å². The Balaban J connectivity index is 1.68. The summed E-state index contributed by atoms with van der Waals surface area (Å²) in [6.07, 6.45) is 8.21. The molecule has 3 aliphatic heterocycles. The monoisotopic (exact) mass is 281 g/mol. The zero-order chi connectivity index (χ0) is 14.0. The summed E-state index contributed by atoms with van der Waals surface area (Å²) in [4.78, 5) is 5.38. The minimum atomic E-state index is 0.251. The molecule has 0 aromatic rings. The van der Waals surface area contributed by atoms with Gasteiger partial charge in [-0.25, -0.2) is 0 Å². The molecule has 0 spiro atoms. The molecule has 0 aromatic heterocycles. The van der Waals surface area contributed by atoms with Crippen LogP contribution in [0.15, 0.2) is 0 Å². The van der Waals surface area contributed by atoms with Gasteiger partial charge in [0.05, 0.1) is 6.10 Å². The molecule has 4 nitrogen and oxygen atoms in total. The molecule has 20 heavy (non-hydrogen) atoms. The average molecular weight is 281 g/mol. The van der Waals surface area contributed by atoms with Gasteiger partial charge in [0, 0.05) is 37.8 Å². The number of piperidine rings is 2. The summed E-state index contributed by atoms with van der Waals surface area (Å²) >= 11 is 0. The van der Waals surface area contributed by atoms with Gasteiger partial charge < -0.3 is 15.4 Å². The van der Waals surface area contributed by atoms with Gasteiger partial charge in [0.2, 0.25) is 0 Å². The van der Waals surface area contributed by atoms with Gasteiger partial charge in [-0.2, -0.15) is 0 Å². The Morgan fingerprint density at radius 2 is 2.05 bits per heavy atom. The van der Waals surface area contributed by atoms with Crippen LogP contribution < -0.4 is 5.73 Å². The number of likely N-dealkylation sites (tertiary alicyclic amines) is 1. The quantitative estimate of drug-likeness (QED) is 0.847. The number of nitrogens with zero attached hydrogens (tertiary/aromatic N) is 2. The summed E-state index contributed by atoms with van der Waals surface area (Å²) in [6, 6.07) is 0.791. The normalized spacial score (nSPS) is 39.9. The minimum absolute atomic E-state index is 0.251. The first-order valence-corrected chi connectivity index (χ1v) is 8.58. The number of rotatable bonds is 4. The predicted octanol–water partition coefficient (Wildman–Crippen LogP) is 1.44. The van der Waals surface area contributed by atoms with E-state index in [0.29, 0.717) is 6.10 Å². The van der Waals surface area contributed by atoms with Crippen LogP contribution in [0.25, 0.3) is 0 Å². The second kappa shape index (κ2) is 6.30. The highest BCUT2D eigenvalue weighted by atomic mass is 16.5. The standard InChI is InChI=1S/C16H31N3O/c1-2-20-15-6-4-9-19(12-15)16(13-17)7-10-18-8-3-5-14(18)11-16/h14-15H,2-13,17H2,1H3. The van der Waals surface area contributed by atoms with E-state index in [0.717, 1.165) is 25.7 Å². The summed E-state index contributed by atoms with van der Waals surface area (Å²) in [7, 11) is 0. The van der Waals surface area contributed by atoms with Crippen molar-refractivity contribution in [3.8, 4) is 0 Å². The summed E-state index contributed by atoms with van der Waals surface area (Å²) < 4.78 is 5.89. The second-order valence-electron chi connectivity index (χ2n) is 6.88. The lowest BCUT2D eigenvalue weighted by molar-refractivity contribution is -0.0573. The molecular formula is C16H31N3O. The first kappa shape index (κ1) is 14.8. The Morgan fingerprint density at radius 3 is 2.85 bits per heavy atom. The third-order valence-electron chi connectivity index (χ3n) is 5.81. The Kier molecular flexibility index (Phi) is 4.65. The third-order valence-corrected chi connectivity index (χ3v) is 5.81. The van der Waals surface area contributed by atoms with E-state index < -0.39 is 0 Å². The lowest BCUT2D eigenvalue weighted by Crippen LogP contribution is -2.63. The lowest BCUT2D eigenvalue weighted by Gasteiger charge is -2.52. The van der Waals surface area contributed by atoms with Crippen LogP contribution in [0.3, 0.4) is 0 Å². The fourth-order valence-corrected chi connectivity index (χ4v) is 4.66. The highest BCUT2D eigenvalue weighted by molar-refractivity contribution is 5.03. The number of ether oxygens (including phenoxy) is 1. The number of hydrogen-bond donors (Lipinski definition) is 1. The van der Waals surface area contributed by atoms with Crippen molar-refractivity contribution in [1.29, 1.82) is 0 Å². The van der Waals surface area contributed by atoms with Crippen molar-refractivity contribution in [2.24, 2.45) is 5.73 Å². The van der Waals surface area contributed by atoms with E-state index in [-0.39, 0.29) is 5.54 Å². The third kappa shape index (κ3) is 2.76. The SMILES string of the molecule is CCOC1CCCN(C2(CN)CCN3CCCC3C2)C1. The Hall–Kier alpha value is -0.160. The highest BCUT2D eigenvalue weighted by Gasteiger charge is 2.45. The summed E-state index contributed by atoms with van der Waals surface area (Å²) in [5.41, 5.74) is 6.52. The van der Waals surface area contributed by atoms with Gasteiger partial charge in [-0.3, -0.25) is 4.90 Å². The first-order chi connectivity index (χ1) is 9.77. The maximum atomic E-state index is 6.27. The first-order valence-electron chi connectivity index (χ1n) is 8.58. The fraction of sp³-hybridized carbons (Fsp3) is 1.00. The van der Waals surface area contributed by atoms with Crippen LogP contribution in [-0.2, 0) is 4.74 Å². The van der Waals surface area contributed by atoms with Crippen molar-refractivity contribution in [2.45, 2.75) is 63.1 Å². The molecule has 0 radical (unpaired) electrons. The predicted molar refractivity (Wildman–Crippen MR) is 81.8 cm³/mol. The van der Waals surface area contributed by atoms with Gasteiger partial charge in [-0.15, -0.1) is 0 Å². The molecule has 3 rings (SSSR count). The minimum Gasteiger partial charge on any atom is -0.377 e. The van der Waals surface area contributed by atoms with Crippen LogP contribution >= 0.6 is 0 Å². The summed E-state index contributed by atoms with van der Waals surface area (Å²) in [5.74, 6) is 0. The van der Waals surface area contributed by atoms with Crippen molar-refractivity contribution in [3.05, 3.63) is 0 Å². The maximum absolute atomic E-state index is 6.27. The van der Waals surface area contributed by atoms with Gasteiger partial charge in [-0.1, -0.05) is 0 Å². The Bertz CT molecular complexity index is 323. The van der Waals surface area contributed by atoms with E-state index in [1.54, 1.807) is 0 Å². The summed E-state index contributed by atoms with van der Waals surface area (Å²) in [6.45, 7) is 8.63. The molecule has 3 atom stereocenters. The average Bonchev–Trinajstić information content (AvgIpc) is 2.95. The van der Waals surface area contributed by atoms with Crippen molar-refractivity contribution in [1.82, 2.24) is 9.80 Å². The summed E-state index contributed by atoms with van der Waals surface area (Å²) in [5, 5.41) is 0. The molecule has 0 amide bonds. The Morgan fingerprint density at radius 1 is 1.20 bits per heavy atom. The molecular weight excluding hydrogens is 250 g/mol. The zero-order valence-corrected chi connectivity index (χ0v) is 13.0. The molecule has 3 heterocycles. The van der Waals surface area contributed by atoms with E-state index >= 15 is 0 Å². The van der Waals surface area contributed by atoms with Gasteiger partial charge in [0.25, 0.3) is 0 Å². The molecule has 3 fully saturated rings. The van der Waals surface area contributed by atoms with Crippen LogP contribution in [0, 0.1) is 0 Å². The molecule has 0 bridgehead atoms. The molecule has 4 heteroatoms. The molecule has 0 aromatic carbocycles. The van der Waals surface area contributed by atoms with Crippen molar-refractivity contribution in [2.75, 3.05) is 39.3 Å². The molecule has 116 valence electrons. The molecule has 3 saturated heterocycles. The lowest BCUT2D eigenvalue weighted by atomic mass is 9.80. The van der Waals surface area contributed by atoms with Crippen LogP contribution in [-0.4, -0.2) is 66.8 Å². The van der Waals surface area contributed by atoms with Gasteiger partial charge in [0.1, 0.15) is 0 Å². The maximum Gasteiger partial charge on any atom is 0.0702 e. The molecule has 3 aliphatic rings. The number of hydrogen-bond acceptors (Lipinski definition) is 4. The highest BCUT2D eigenvalue weighted by Crippen LogP contribution is 2.37. The molecule has 0 saturated carbocycles. The zero-order valence-electron chi connectivity index (χ0n) is 13.0. The fourth-order valence-electron chi connectivity index (χ4n) is 4.66. The molecule has 2 N–H and O–H groups in total. The van der Waals surface area contributed by atoms with Gasteiger partial charge >= 0.3 is 0 Å². The van der Waals surface area contributed by atoms with Crippen molar-refractivity contribution in [3.63, 3.8) is 0 Å². The van der Waals surface area contributed by atoms with Crippen molar-refractivity contribution < 1.29 is 4.74 Å². The van der Waals surface area contributed by atoms with E-state index in [1.807, 2.05) is 0 Å². The van der Waals surface area contributed by atoms with E-state index in [9.17, 15) is 0 Å². The molecule has 0 aliphatic carbocycles. The van der Waals surface area contributed by atoms with Crippen LogP contribution in [0.4, 0.5) is 0 Å². The van der Waals surface area contributed by atoms with E-state index in [2.05, 4.69) is 16.7 Å². The smallest absolute Gasteiger partial charge is 0.0702 e. The van der Waals surface area contributed by atoms with Crippen LogP contribution in [0.5, 0.6) is 0 Å². The topological polar surface area (TPSA) is 41.7 Å². The Labute approximate surface area is 123 Å². The second-order valence-corrected chi connectivity index (χ2v) is 6.88. The number of nitrogens with two attached hydrogens (primary N) is 1. The molecule has 3 unspecified atom stereocenters. The van der Waals surface area contributed by atoms with Crippen molar-refractivity contribution >= 4 is 0 Å². The van der Waals surface area contributed by atoms with E-state index in [1.165, 1.54) is 58.2 Å². The van der Waals surface area contributed by atoms with Crippen LogP contribution in [0.2, 0.25) is 0 Å². The van der Waals surface area contributed by atoms with Crippen LogP contribution in [0.1, 0.15) is 45.4 Å². The number of fused-ring (bicyclic) bond motifs is 1. The largest absolute Gasteiger partial charge is 0.377 e. The van der Waals surface area contributed by atoms with Gasteiger partial charge in [0.15, 0.2) is 0 Å². The van der Waals surface area contributed by atoms with E-state index in [4.69, 9.17) is 10.5 Å².